The van der Waals surface area contributed by atoms with Crippen molar-refractivity contribution in [3.05, 3.63) is 47.8 Å². The monoisotopic (exact) mass is 396 g/mol. The Morgan fingerprint density at radius 3 is 2.62 bits per heavy atom. The molecular weight excluding hydrogens is 371 g/mol. The van der Waals surface area contributed by atoms with Crippen LogP contribution in [-0.4, -0.2) is 60.4 Å². The molecule has 4 rings (SSSR count). The van der Waals surface area contributed by atoms with Crippen LogP contribution in [0.2, 0.25) is 0 Å². The molecule has 2 heterocycles. The second-order valence-corrected chi connectivity index (χ2v) is 7.36. The van der Waals surface area contributed by atoms with Crippen molar-refractivity contribution in [3.8, 4) is 17.1 Å². The maximum atomic E-state index is 13.8. The van der Waals surface area contributed by atoms with E-state index in [1.807, 2.05) is 0 Å². The Balaban J connectivity index is 1.54. The molecule has 1 aliphatic heterocycles. The molecule has 0 unspecified atom stereocenters. The third-order valence-corrected chi connectivity index (χ3v) is 5.05. The van der Waals surface area contributed by atoms with Crippen molar-refractivity contribution in [1.29, 1.82) is 0 Å². The Morgan fingerprint density at radius 1 is 1.07 bits per heavy atom. The van der Waals surface area contributed by atoms with E-state index in [1.54, 1.807) is 6.07 Å². The number of aromatic amines is 1. The first-order chi connectivity index (χ1) is 14.0. The summed E-state index contributed by atoms with van der Waals surface area (Å²) in [5, 5.41) is 10.3. The van der Waals surface area contributed by atoms with E-state index in [9.17, 15) is 4.39 Å². The summed E-state index contributed by atoms with van der Waals surface area (Å²) in [6.07, 6.45) is 0. The minimum absolute atomic E-state index is 0.388. The molecule has 1 saturated heterocycles. The summed E-state index contributed by atoms with van der Waals surface area (Å²) in [4.78, 5) is 9.18. The first kappa shape index (κ1) is 19.2. The summed E-state index contributed by atoms with van der Waals surface area (Å²) in [6, 6.07) is 10.8. The van der Waals surface area contributed by atoms with Crippen LogP contribution in [-0.2, 0) is 0 Å². The minimum Gasteiger partial charge on any atom is -0.497 e. The van der Waals surface area contributed by atoms with Gasteiger partial charge in [-0.2, -0.15) is 4.98 Å². The molecule has 2 N–H and O–H groups in total. The number of ether oxygens (including phenoxy) is 1. The van der Waals surface area contributed by atoms with Crippen LogP contribution in [0.4, 0.5) is 21.7 Å². The zero-order valence-electron chi connectivity index (χ0n) is 16.9. The first-order valence-electron chi connectivity index (χ1n) is 9.60. The van der Waals surface area contributed by atoms with Crippen molar-refractivity contribution < 1.29 is 9.13 Å². The number of benzene rings is 2. The number of halogens is 1. The number of methoxy groups -OCH3 is 1. The number of hydrogen-bond donors (Lipinski definition) is 2. The third kappa shape index (κ3) is 4.48. The van der Waals surface area contributed by atoms with Crippen LogP contribution < -0.4 is 15.0 Å². The highest BCUT2D eigenvalue weighted by molar-refractivity contribution is 5.65. The highest BCUT2D eigenvalue weighted by Gasteiger charge is 2.15. The van der Waals surface area contributed by atoms with E-state index in [0.717, 1.165) is 37.4 Å². The van der Waals surface area contributed by atoms with Crippen LogP contribution in [0.5, 0.6) is 5.75 Å². The molecule has 152 valence electrons. The average Bonchev–Trinajstić information content (AvgIpc) is 3.16. The standard InChI is InChI=1S/C21H25FN6O/c1-14-8-17(13-18(9-14)28-6-4-27(2)5-7-28)23-21-24-20(25-26-21)15-10-16(22)12-19(11-15)29-3/h8-13H,4-7H2,1-3H3,(H2,23,24,25,26). The van der Waals surface area contributed by atoms with E-state index in [4.69, 9.17) is 4.74 Å². The topological polar surface area (TPSA) is 69.3 Å². The number of H-pyrrole nitrogens is 1. The van der Waals surface area contributed by atoms with Gasteiger partial charge in [0.15, 0.2) is 5.82 Å². The quantitative estimate of drug-likeness (QED) is 0.689. The molecule has 1 aliphatic rings. The van der Waals surface area contributed by atoms with Crippen LogP contribution in [0, 0.1) is 12.7 Å². The van der Waals surface area contributed by atoms with Gasteiger partial charge in [0, 0.05) is 49.2 Å². The van der Waals surface area contributed by atoms with Crippen LogP contribution in [0.3, 0.4) is 0 Å². The van der Waals surface area contributed by atoms with Gasteiger partial charge in [-0.25, -0.2) is 4.39 Å². The fourth-order valence-electron chi connectivity index (χ4n) is 3.48. The number of likely N-dealkylation sites (N-methyl/N-ethyl adjacent to an activating group) is 1. The maximum Gasteiger partial charge on any atom is 0.246 e. The summed E-state index contributed by atoms with van der Waals surface area (Å²) in [5.74, 6) is 0.942. The molecule has 7 nitrogen and oxygen atoms in total. The van der Waals surface area contributed by atoms with Crippen molar-refractivity contribution in [2.24, 2.45) is 0 Å². The Bertz CT molecular complexity index is 997. The zero-order valence-corrected chi connectivity index (χ0v) is 16.9. The van der Waals surface area contributed by atoms with Crippen LogP contribution in [0.15, 0.2) is 36.4 Å². The van der Waals surface area contributed by atoms with Gasteiger partial charge in [0.2, 0.25) is 5.95 Å². The van der Waals surface area contributed by atoms with Gasteiger partial charge < -0.3 is 19.9 Å². The van der Waals surface area contributed by atoms with Crippen molar-refractivity contribution in [2.75, 3.05) is 50.6 Å². The zero-order chi connectivity index (χ0) is 20.4. The Morgan fingerprint density at radius 2 is 1.86 bits per heavy atom. The van der Waals surface area contributed by atoms with Crippen LogP contribution in [0.1, 0.15) is 5.56 Å². The molecule has 0 aliphatic carbocycles. The molecule has 0 saturated carbocycles. The van der Waals surface area contributed by atoms with Crippen molar-refractivity contribution in [3.63, 3.8) is 0 Å². The van der Waals surface area contributed by atoms with Gasteiger partial charge in [0.05, 0.1) is 7.11 Å². The predicted molar refractivity (Wildman–Crippen MR) is 113 cm³/mol. The number of nitrogens with one attached hydrogen (secondary N) is 2. The molecular formula is C21H25FN6O. The fourth-order valence-corrected chi connectivity index (χ4v) is 3.48. The lowest BCUT2D eigenvalue weighted by atomic mass is 10.1. The molecule has 0 radical (unpaired) electrons. The lowest BCUT2D eigenvalue weighted by Crippen LogP contribution is -2.44. The molecule has 0 spiro atoms. The highest BCUT2D eigenvalue weighted by atomic mass is 19.1. The fraction of sp³-hybridized carbons (Fsp3) is 0.333. The van der Waals surface area contributed by atoms with E-state index in [2.05, 4.69) is 62.5 Å². The Labute approximate surface area is 169 Å². The van der Waals surface area contributed by atoms with E-state index < -0.39 is 0 Å². The molecule has 2 aromatic carbocycles. The van der Waals surface area contributed by atoms with E-state index in [0.29, 0.717) is 23.1 Å². The van der Waals surface area contributed by atoms with Gasteiger partial charge in [-0.15, -0.1) is 5.10 Å². The van der Waals surface area contributed by atoms with E-state index >= 15 is 0 Å². The molecule has 0 atom stereocenters. The second kappa shape index (κ2) is 8.08. The largest absolute Gasteiger partial charge is 0.497 e. The third-order valence-electron chi connectivity index (χ3n) is 5.05. The summed E-state index contributed by atoms with van der Waals surface area (Å²) in [6.45, 7) is 6.19. The van der Waals surface area contributed by atoms with Crippen molar-refractivity contribution in [1.82, 2.24) is 20.1 Å². The number of aromatic nitrogens is 3. The minimum atomic E-state index is -0.388. The molecule has 0 bridgehead atoms. The van der Waals surface area contributed by atoms with Gasteiger partial charge in [0.25, 0.3) is 0 Å². The summed E-state index contributed by atoms with van der Waals surface area (Å²) in [7, 11) is 3.65. The van der Waals surface area contributed by atoms with Gasteiger partial charge >= 0.3 is 0 Å². The van der Waals surface area contributed by atoms with E-state index in [1.165, 1.54) is 24.9 Å². The molecule has 0 amide bonds. The molecule has 3 aromatic rings. The normalized spacial score (nSPS) is 14.8. The Kier molecular flexibility index (Phi) is 5.35. The molecule has 1 aromatic heterocycles. The van der Waals surface area contributed by atoms with Crippen molar-refractivity contribution >= 4 is 17.3 Å². The average molecular weight is 396 g/mol. The second-order valence-electron chi connectivity index (χ2n) is 7.36. The number of aryl methyl sites for hydroxylation is 1. The maximum absolute atomic E-state index is 13.8. The lowest BCUT2D eigenvalue weighted by Gasteiger charge is -2.34. The molecule has 29 heavy (non-hydrogen) atoms. The van der Waals surface area contributed by atoms with Crippen molar-refractivity contribution in [2.45, 2.75) is 6.92 Å². The van der Waals surface area contributed by atoms with Gasteiger partial charge in [0.1, 0.15) is 11.6 Å². The number of nitrogens with zero attached hydrogens (tertiary/aromatic N) is 4. The molecule has 8 heteroatoms. The van der Waals surface area contributed by atoms with Gasteiger partial charge in [-0.3, -0.25) is 5.10 Å². The number of hydrogen-bond acceptors (Lipinski definition) is 6. The highest BCUT2D eigenvalue weighted by Crippen LogP contribution is 2.27. The number of anilines is 3. The van der Waals surface area contributed by atoms with Crippen LogP contribution >= 0.6 is 0 Å². The summed E-state index contributed by atoms with van der Waals surface area (Å²) >= 11 is 0. The Hall–Kier alpha value is -3.13. The van der Waals surface area contributed by atoms with E-state index in [-0.39, 0.29) is 5.82 Å². The first-order valence-corrected chi connectivity index (χ1v) is 9.60. The SMILES string of the molecule is COc1cc(F)cc(-c2nc(Nc3cc(C)cc(N4CCN(C)CC4)c3)n[nH]2)c1. The number of rotatable bonds is 5. The smallest absolute Gasteiger partial charge is 0.246 e. The predicted octanol–water partition coefficient (Wildman–Crippen LogP) is 3.42. The summed E-state index contributed by atoms with van der Waals surface area (Å²) in [5.41, 5.74) is 3.84. The van der Waals surface area contributed by atoms with Gasteiger partial charge in [-0.05, 0) is 49.9 Å². The molecule has 1 fully saturated rings. The van der Waals surface area contributed by atoms with Gasteiger partial charge in [-0.1, -0.05) is 0 Å². The van der Waals surface area contributed by atoms with Crippen LogP contribution in [0.25, 0.3) is 11.4 Å². The lowest BCUT2D eigenvalue weighted by molar-refractivity contribution is 0.313. The summed E-state index contributed by atoms with van der Waals surface area (Å²) < 4.78 is 18.9. The number of piperazine rings is 1.